The van der Waals surface area contributed by atoms with Gasteiger partial charge in [-0.15, -0.1) is 0 Å². The molecule has 2 rings (SSSR count). The molecule has 0 aliphatic rings. The number of pyridine rings is 1. The number of carboxylic acid groups (broad SMARTS) is 1. The number of aromatic nitrogens is 3. The molecule has 0 unspecified atom stereocenters. The summed E-state index contributed by atoms with van der Waals surface area (Å²) in [5.41, 5.74) is 1.17. The number of rotatable bonds is 4. The van der Waals surface area contributed by atoms with E-state index in [2.05, 4.69) is 15.4 Å². The molecule has 0 fully saturated rings. The maximum Gasteiger partial charge on any atom is 0.337 e. The number of carboxylic acids is 1. The zero-order chi connectivity index (χ0) is 15.6. The molecule has 2 heterocycles. The van der Waals surface area contributed by atoms with Crippen molar-refractivity contribution in [3.63, 3.8) is 0 Å². The van der Waals surface area contributed by atoms with Crippen molar-refractivity contribution >= 4 is 17.6 Å². The lowest BCUT2D eigenvalue weighted by Gasteiger charge is -2.08. The summed E-state index contributed by atoms with van der Waals surface area (Å²) < 4.78 is 1.72. The Labute approximate surface area is 121 Å². The third-order valence-corrected chi connectivity index (χ3v) is 3.08. The van der Waals surface area contributed by atoms with Gasteiger partial charge in [-0.1, -0.05) is 0 Å². The van der Waals surface area contributed by atoms with Crippen LogP contribution in [0.4, 0.5) is 5.69 Å². The number of hydrogen-bond acceptors (Lipinski definition) is 4. The SMILES string of the molecule is Cc1c(C(=O)O)cncc1C(=O)Nc1cnn(C(C)C)c1. The molecule has 0 atom stereocenters. The largest absolute Gasteiger partial charge is 0.478 e. The fraction of sp³-hybridized carbons (Fsp3) is 0.286. The van der Waals surface area contributed by atoms with Gasteiger partial charge in [-0.25, -0.2) is 4.79 Å². The van der Waals surface area contributed by atoms with Crippen molar-refractivity contribution in [3.8, 4) is 0 Å². The second-order valence-electron chi connectivity index (χ2n) is 4.92. The summed E-state index contributed by atoms with van der Waals surface area (Å²) in [6.45, 7) is 5.53. The smallest absolute Gasteiger partial charge is 0.337 e. The van der Waals surface area contributed by atoms with Crippen LogP contribution < -0.4 is 5.32 Å². The Morgan fingerprint density at radius 3 is 2.48 bits per heavy atom. The first-order valence-electron chi connectivity index (χ1n) is 6.43. The number of carbonyl (C=O) groups is 2. The molecule has 1 amide bonds. The van der Waals surface area contributed by atoms with E-state index in [-0.39, 0.29) is 17.2 Å². The first-order valence-corrected chi connectivity index (χ1v) is 6.43. The van der Waals surface area contributed by atoms with E-state index in [1.165, 1.54) is 12.4 Å². The summed E-state index contributed by atoms with van der Waals surface area (Å²) in [5, 5.41) is 15.8. The second kappa shape index (κ2) is 5.74. The third kappa shape index (κ3) is 3.07. The van der Waals surface area contributed by atoms with Gasteiger partial charge >= 0.3 is 5.97 Å². The highest BCUT2D eigenvalue weighted by atomic mass is 16.4. The van der Waals surface area contributed by atoms with Crippen molar-refractivity contribution in [1.82, 2.24) is 14.8 Å². The van der Waals surface area contributed by atoms with E-state index in [1.54, 1.807) is 24.0 Å². The van der Waals surface area contributed by atoms with Crippen molar-refractivity contribution in [2.45, 2.75) is 26.8 Å². The number of amides is 1. The Hall–Kier alpha value is -2.70. The Balaban J connectivity index is 2.24. The molecular weight excluding hydrogens is 272 g/mol. The van der Waals surface area contributed by atoms with Gasteiger partial charge in [0.25, 0.3) is 5.91 Å². The van der Waals surface area contributed by atoms with Crippen LogP contribution in [0.2, 0.25) is 0 Å². The lowest BCUT2D eigenvalue weighted by Crippen LogP contribution is -2.15. The van der Waals surface area contributed by atoms with Crippen LogP contribution in [-0.2, 0) is 0 Å². The van der Waals surface area contributed by atoms with Gasteiger partial charge in [-0.05, 0) is 26.3 Å². The highest BCUT2D eigenvalue weighted by molar-refractivity contribution is 6.06. The molecule has 7 nitrogen and oxygen atoms in total. The molecule has 0 aliphatic carbocycles. The van der Waals surface area contributed by atoms with Crippen molar-refractivity contribution in [1.29, 1.82) is 0 Å². The molecule has 0 saturated carbocycles. The zero-order valence-electron chi connectivity index (χ0n) is 12.0. The average molecular weight is 288 g/mol. The Kier molecular flexibility index (Phi) is 4.02. The van der Waals surface area contributed by atoms with Gasteiger partial charge in [0, 0.05) is 24.6 Å². The first-order chi connectivity index (χ1) is 9.90. The average Bonchev–Trinajstić information content (AvgIpc) is 2.87. The van der Waals surface area contributed by atoms with Gasteiger partial charge in [-0.3, -0.25) is 14.5 Å². The minimum absolute atomic E-state index is 0.0144. The van der Waals surface area contributed by atoms with Crippen LogP contribution in [0.25, 0.3) is 0 Å². The molecule has 2 N–H and O–H groups in total. The summed E-state index contributed by atoms with van der Waals surface area (Å²) in [6.07, 6.45) is 5.84. The number of anilines is 1. The van der Waals surface area contributed by atoms with E-state index in [4.69, 9.17) is 5.11 Å². The number of aromatic carboxylic acids is 1. The molecule has 0 spiro atoms. The topological polar surface area (TPSA) is 97.1 Å². The monoisotopic (exact) mass is 288 g/mol. The molecule has 0 aromatic carbocycles. The summed E-state index contributed by atoms with van der Waals surface area (Å²) >= 11 is 0. The maximum absolute atomic E-state index is 12.2. The van der Waals surface area contributed by atoms with Crippen LogP contribution in [0.15, 0.2) is 24.8 Å². The van der Waals surface area contributed by atoms with Crippen molar-refractivity contribution < 1.29 is 14.7 Å². The maximum atomic E-state index is 12.2. The Morgan fingerprint density at radius 2 is 1.90 bits per heavy atom. The highest BCUT2D eigenvalue weighted by Gasteiger charge is 2.16. The van der Waals surface area contributed by atoms with E-state index in [1.807, 2.05) is 13.8 Å². The van der Waals surface area contributed by atoms with Crippen LogP contribution in [0.3, 0.4) is 0 Å². The highest BCUT2D eigenvalue weighted by Crippen LogP contribution is 2.15. The van der Waals surface area contributed by atoms with Crippen LogP contribution >= 0.6 is 0 Å². The predicted molar refractivity (Wildman–Crippen MR) is 76.5 cm³/mol. The number of nitrogens with zero attached hydrogens (tertiary/aromatic N) is 3. The van der Waals surface area contributed by atoms with Crippen LogP contribution in [0.5, 0.6) is 0 Å². The van der Waals surface area contributed by atoms with Gasteiger partial charge < -0.3 is 10.4 Å². The zero-order valence-corrected chi connectivity index (χ0v) is 12.0. The van der Waals surface area contributed by atoms with Crippen molar-refractivity contribution in [2.24, 2.45) is 0 Å². The number of nitrogens with one attached hydrogen (secondary N) is 1. The minimum Gasteiger partial charge on any atom is -0.478 e. The van der Waals surface area contributed by atoms with Gasteiger partial charge in [0.05, 0.1) is 23.0 Å². The molecule has 0 bridgehead atoms. The van der Waals surface area contributed by atoms with E-state index in [0.717, 1.165) is 0 Å². The molecule has 2 aromatic heterocycles. The van der Waals surface area contributed by atoms with Crippen LogP contribution in [0.1, 0.15) is 46.2 Å². The van der Waals surface area contributed by atoms with E-state index < -0.39 is 11.9 Å². The molecule has 0 radical (unpaired) electrons. The molecule has 2 aromatic rings. The Bertz CT molecular complexity index is 691. The van der Waals surface area contributed by atoms with Crippen LogP contribution in [-0.4, -0.2) is 31.7 Å². The van der Waals surface area contributed by atoms with E-state index in [0.29, 0.717) is 11.3 Å². The molecule has 21 heavy (non-hydrogen) atoms. The summed E-state index contributed by atoms with van der Waals surface area (Å²) in [5.74, 6) is -1.52. The third-order valence-electron chi connectivity index (χ3n) is 3.08. The second-order valence-corrected chi connectivity index (χ2v) is 4.92. The lowest BCUT2D eigenvalue weighted by atomic mass is 10.1. The quantitative estimate of drug-likeness (QED) is 0.898. The van der Waals surface area contributed by atoms with Gasteiger partial charge in [0.1, 0.15) is 0 Å². The standard InChI is InChI=1S/C14H16N4O3/c1-8(2)18-7-10(4-16-18)17-13(19)11-5-15-6-12(9(11)3)14(20)21/h4-8H,1-3H3,(H,17,19)(H,20,21). The molecule has 0 saturated heterocycles. The van der Waals surface area contributed by atoms with Crippen molar-refractivity contribution in [3.05, 3.63) is 41.5 Å². The lowest BCUT2D eigenvalue weighted by molar-refractivity contribution is 0.0695. The first kappa shape index (κ1) is 14.7. The molecule has 7 heteroatoms. The molecule has 0 aliphatic heterocycles. The van der Waals surface area contributed by atoms with E-state index >= 15 is 0 Å². The fourth-order valence-corrected chi connectivity index (χ4v) is 1.85. The fourth-order valence-electron chi connectivity index (χ4n) is 1.85. The molecular formula is C14H16N4O3. The summed E-state index contributed by atoms with van der Waals surface area (Å²) in [7, 11) is 0. The van der Waals surface area contributed by atoms with Gasteiger partial charge in [-0.2, -0.15) is 5.10 Å². The van der Waals surface area contributed by atoms with Gasteiger partial charge in [0.15, 0.2) is 0 Å². The molecule has 110 valence electrons. The number of hydrogen-bond donors (Lipinski definition) is 2. The van der Waals surface area contributed by atoms with E-state index in [9.17, 15) is 9.59 Å². The van der Waals surface area contributed by atoms with Crippen LogP contribution in [0, 0.1) is 6.92 Å². The predicted octanol–water partition coefficient (Wildman–Crippen LogP) is 2.12. The minimum atomic E-state index is -1.11. The Morgan fingerprint density at radius 1 is 1.24 bits per heavy atom. The summed E-state index contributed by atoms with van der Waals surface area (Å²) in [6, 6.07) is 0.189. The van der Waals surface area contributed by atoms with Gasteiger partial charge in [0.2, 0.25) is 0 Å². The summed E-state index contributed by atoms with van der Waals surface area (Å²) in [4.78, 5) is 27.1. The number of carbonyl (C=O) groups excluding carboxylic acids is 1. The van der Waals surface area contributed by atoms with Crippen molar-refractivity contribution in [2.75, 3.05) is 5.32 Å². The normalized spacial score (nSPS) is 10.7.